The summed E-state index contributed by atoms with van der Waals surface area (Å²) >= 11 is 0. The van der Waals surface area contributed by atoms with Gasteiger partial charge >= 0.3 is 24.6 Å². The zero-order valence-corrected chi connectivity index (χ0v) is 6.29. The van der Waals surface area contributed by atoms with Gasteiger partial charge in [-0.2, -0.15) is 0 Å². The number of imidazole rings is 1. The molecule has 0 bridgehead atoms. The molecule has 1 aromatic heterocycles. The topological polar surface area (TPSA) is 50.0 Å². The smallest absolute Gasteiger partial charge is 0.859 e. The molecule has 1 rings (SSSR count). The molecule has 10 heavy (non-hydrogen) atoms. The van der Waals surface area contributed by atoms with E-state index in [1.54, 1.807) is 7.05 Å². The summed E-state index contributed by atoms with van der Waals surface area (Å²) in [7, 11) is 2.99. The molecule has 4 nitrogen and oxygen atoms in total. The van der Waals surface area contributed by atoms with Crippen LogP contribution in [-0.2, 0) is 14.1 Å². The van der Waals surface area contributed by atoms with Crippen LogP contribution < -0.4 is 29.7 Å². The predicted octanol–water partition coefficient (Wildman–Crippen LogP) is -4.20. The molecule has 0 spiro atoms. The van der Waals surface area contributed by atoms with Crippen molar-refractivity contribution in [3.05, 3.63) is 16.7 Å². The molecule has 0 amide bonds. The summed E-state index contributed by atoms with van der Waals surface area (Å²) < 4.78 is 2.31. The fourth-order valence-electron chi connectivity index (χ4n) is 0.638. The Balaban J connectivity index is 0.000000810. The van der Waals surface area contributed by atoms with Gasteiger partial charge in [0, 0.05) is 20.3 Å². The molecule has 0 aliphatic rings. The molecule has 0 fully saturated rings. The quantitative estimate of drug-likeness (QED) is 0.338. The summed E-state index contributed by atoms with van der Waals surface area (Å²) in [6, 6.07) is 0. The van der Waals surface area contributed by atoms with E-state index in [2.05, 4.69) is 0 Å². The average Bonchev–Trinajstić information content (AvgIpc) is 1.98. The van der Waals surface area contributed by atoms with Crippen LogP contribution in [0.25, 0.3) is 0 Å². The Labute approximate surface area is 70.3 Å². The Bertz CT molecular complexity index is 276. The third-order valence-corrected chi connectivity index (χ3v) is 1.22. The fourth-order valence-corrected chi connectivity index (χ4v) is 0.638. The molecule has 0 aromatic carbocycles. The van der Waals surface area contributed by atoms with E-state index in [1.165, 1.54) is 17.8 Å². The molecule has 0 radical (unpaired) electrons. The van der Waals surface area contributed by atoms with Crippen molar-refractivity contribution in [3.8, 4) is 5.88 Å². The van der Waals surface area contributed by atoms with E-state index in [-0.39, 0.29) is 30.4 Å². The Morgan fingerprint density at radius 2 is 2.00 bits per heavy atom. The van der Waals surface area contributed by atoms with Crippen molar-refractivity contribution in [2.24, 2.45) is 14.1 Å². The molecule has 0 saturated heterocycles. The average molecular weight is 134 g/mol. The molecule has 50 valence electrons. The van der Waals surface area contributed by atoms with Crippen LogP contribution in [0.2, 0.25) is 0 Å². The van der Waals surface area contributed by atoms with Gasteiger partial charge in [-0.25, -0.2) is 4.79 Å². The summed E-state index contributed by atoms with van der Waals surface area (Å²) in [6.07, 6.45) is 1.25. The van der Waals surface area contributed by atoms with E-state index < -0.39 is 0 Å². The monoisotopic (exact) mass is 134 g/mol. The van der Waals surface area contributed by atoms with E-state index in [0.717, 1.165) is 4.57 Å². The molecule has 0 aliphatic heterocycles. The zero-order valence-electron chi connectivity index (χ0n) is 6.29. The molecule has 0 saturated carbocycles. The first-order valence-corrected chi connectivity index (χ1v) is 2.52. The molecular weight excluding hydrogens is 127 g/mol. The van der Waals surface area contributed by atoms with Crippen molar-refractivity contribution < 1.29 is 24.0 Å². The second-order valence-corrected chi connectivity index (χ2v) is 1.92. The van der Waals surface area contributed by atoms with Gasteiger partial charge in [0.2, 0.25) is 0 Å². The third kappa shape index (κ3) is 1.28. The SMILES string of the molecule is Cn1cc([O-])n(C)c1=O.[Li+]. The van der Waals surface area contributed by atoms with Crippen LogP contribution in [0.15, 0.2) is 11.0 Å². The molecule has 0 atom stereocenters. The van der Waals surface area contributed by atoms with Crippen LogP contribution in [0.3, 0.4) is 0 Å². The van der Waals surface area contributed by atoms with E-state index in [4.69, 9.17) is 0 Å². The maximum absolute atomic E-state index is 10.7. The van der Waals surface area contributed by atoms with Crippen molar-refractivity contribution in [1.82, 2.24) is 9.13 Å². The first kappa shape index (κ1) is 9.41. The summed E-state index contributed by atoms with van der Waals surface area (Å²) in [5, 5.41) is 10.6. The molecule has 0 N–H and O–H groups in total. The van der Waals surface area contributed by atoms with E-state index in [9.17, 15) is 9.90 Å². The maximum Gasteiger partial charge on any atom is 1.00 e. The number of aromatic nitrogens is 2. The van der Waals surface area contributed by atoms with Gasteiger partial charge in [0.15, 0.2) is 0 Å². The van der Waals surface area contributed by atoms with Gasteiger partial charge in [-0.15, -0.1) is 0 Å². The predicted molar refractivity (Wildman–Crippen MR) is 30.1 cm³/mol. The summed E-state index contributed by atoms with van der Waals surface area (Å²) in [5.41, 5.74) is -0.278. The summed E-state index contributed by atoms with van der Waals surface area (Å²) in [6.45, 7) is 0. The molecular formula is C5H7LiN2O2. The second-order valence-electron chi connectivity index (χ2n) is 1.92. The molecule has 0 unspecified atom stereocenters. The molecule has 1 heterocycles. The minimum absolute atomic E-state index is 0. The number of nitrogens with zero attached hydrogens (tertiary/aromatic N) is 2. The van der Waals surface area contributed by atoms with Crippen molar-refractivity contribution in [2.75, 3.05) is 0 Å². The Hall–Kier alpha value is -0.593. The van der Waals surface area contributed by atoms with Gasteiger partial charge in [-0.05, 0) is 5.88 Å². The van der Waals surface area contributed by atoms with E-state index in [1.807, 2.05) is 0 Å². The number of hydrogen-bond acceptors (Lipinski definition) is 2. The Morgan fingerprint density at radius 1 is 1.50 bits per heavy atom. The van der Waals surface area contributed by atoms with Crippen LogP contribution in [0, 0.1) is 0 Å². The Kier molecular flexibility index (Phi) is 2.82. The van der Waals surface area contributed by atoms with Gasteiger partial charge in [-0.1, -0.05) is 0 Å². The first-order valence-electron chi connectivity index (χ1n) is 2.52. The largest absolute Gasteiger partial charge is 1.00 e. The maximum atomic E-state index is 10.7. The van der Waals surface area contributed by atoms with Gasteiger partial charge in [-0.3, -0.25) is 0 Å². The van der Waals surface area contributed by atoms with E-state index in [0.29, 0.717) is 0 Å². The zero-order chi connectivity index (χ0) is 7.02. The van der Waals surface area contributed by atoms with Gasteiger partial charge in [0.05, 0.1) is 0 Å². The van der Waals surface area contributed by atoms with Crippen LogP contribution in [0.4, 0.5) is 0 Å². The molecule has 0 aliphatic carbocycles. The third-order valence-electron chi connectivity index (χ3n) is 1.22. The van der Waals surface area contributed by atoms with Crippen LogP contribution in [-0.4, -0.2) is 9.13 Å². The number of rotatable bonds is 0. The normalized spacial score (nSPS) is 9.00. The van der Waals surface area contributed by atoms with Crippen molar-refractivity contribution >= 4 is 0 Å². The summed E-state index contributed by atoms with van der Waals surface area (Å²) in [5.74, 6) is -0.262. The standard InChI is InChI=1S/C5H8N2O2.Li/c1-6-3-4(8)7(2)5(6)9;/h3,8H,1-2H3;/q;+1/p-1. The molecule has 5 heteroatoms. The second kappa shape index (κ2) is 3.00. The molecule has 1 aromatic rings. The number of aryl methyl sites for hydroxylation is 1. The van der Waals surface area contributed by atoms with E-state index >= 15 is 0 Å². The van der Waals surface area contributed by atoms with Gasteiger partial charge < -0.3 is 14.2 Å². The van der Waals surface area contributed by atoms with Gasteiger partial charge in [0.25, 0.3) is 0 Å². The summed E-state index contributed by atoms with van der Waals surface area (Å²) in [4.78, 5) is 10.7. The minimum Gasteiger partial charge on any atom is -0.859 e. The van der Waals surface area contributed by atoms with Crippen LogP contribution in [0.1, 0.15) is 0 Å². The first-order chi connectivity index (χ1) is 4.13. The van der Waals surface area contributed by atoms with Crippen molar-refractivity contribution in [2.45, 2.75) is 0 Å². The minimum atomic E-state index is -0.278. The fraction of sp³-hybridized carbons (Fsp3) is 0.400. The Morgan fingerprint density at radius 3 is 2.10 bits per heavy atom. The number of hydrogen-bond donors (Lipinski definition) is 0. The van der Waals surface area contributed by atoms with Crippen molar-refractivity contribution in [1.29, 1.82) is 0 Å². The van der Waals surface area contributed by atoms with Crippen LogP contribution in [0.5, 0.6) is 5.88 Å². The van der Waals surface area contributed by atoms with Crippen LogP contribution >= 0.6 is 0 Å². The van der Waals surface area contributed by atoms with Crippen molar-refractivity contribution in [3.63, 3.8) is 0 Å². The van der Waals surface area contributed by atoms with Gasteiger partial charge in [0.1, 0.15) is 0 Å².